The molecule has 5 nitrogen and oxygen atoms in total. The predicted octanol–water partition coefficient (Wildman–Crippen LogP) is 3.02. The maximum atomic E-state index is 9.55. The zero-order valence-corrected chi connectivity index (χ0v) is 15.2. The minimum absolute atomic E-state index is 0.113. The number of phenols is 1. The summed E-state index contributed by atoms with van der Waals surface area (Å²) >= 11 is 6.01. The number of aromatic hydroxyl groups is 1. The SMILES string of the molecule is Cc1ccc(CN2CCN(Cc3ccc(O)c(Cl)c3)CC2CCO)o1. The number of rotatable bonds is 6. The molecule has 2 aromatic rings. The summed E-state index contributed by atoms with van der Waals surface area (Å²) in [5.41, 5.74) is 1.08. The van der Waals surface area contributed by atoms with Gasteiger partial charge < -0.3 is 14.6 Å². The fraction of sp³-hybridized carbons (Fsp3) is 0.474. The molecule has 1 saturated heterocycles. The van der Waals surface area contributed by atoms with Crippen molar-refractivity contribution in [1.82, 2.24) is 9.80 Å². The Labute approximate surface area is 153 Å². The zero-order chi connectivity index (χ0) is 17.8. The summed E-state index contributed by atoms with van der Waals surface area (Å²) in [5.74, 6) is 2.01. The maximum absolute atomic E-state index is 9.55. The van der Waals surface area contributed by atoms with Gasteiger partial charge in [-0.15, -0.1) is 0 Å². The Morgan fingerprint density at radius 2 is 2.04 bits per heavy atom. The number of piperazine rings is 1. The van der Waals surface area contributed by atoms with Gasteiger partial charge in [-0.1, -0.05) is 17.7 Å². The van der Waals surface area contributed by atoms with Crippen molar-refractivity contribution in [3.63, 3.8) is 0 Å². The standard InChI is InChI=1S/C19H25ClN2O3/c1-14-2-4-17(25-14)13-22-8-7-21(12-16(22)6-9-23)11-15-3-5-19(24)18(20)10-15/h2-5,10,16,23-24H,6-9,11-13H2,1H3. The summed E-state index contributed by atoms with van der Waals surface area (Å²) in [6, 6.07) is 9.66. The fourth-order valence-corrected chi connectivity index (χ4v) is 3.61. The van der Waals surface area contributed by atoms with E-state index >= 15 is 0 Å². The number of aliphatic hydroxyl groups excluding tert-OH is 1. The first-order valence-electron chi connectivity index (χ1n) is 8.65. The van der Waals surface area contributed by atoms with Crippen molar-refractivity contribution < 1.29 is 14.6 Å². The van der Waals surface area contributed by atoms with Crippen LogP contribution in [0.15, 0.2) is 34.7 Å². The molecule has 1 atom stereocenters. The van der Waals surface area contributed by atoms with Crippen molar-refractivity contribution in [3.05, 3.63) is 52.4 Å². The molecule has 136 valence electrons. The van der Waals surface area contributed by atoms with E-state index in [1.165, 1.54) is 0 Å². The first-order valence-corrected chi connectivity index (χ1v) is 9.03. The lowest BCUT2D eigenvalue weighted by molar-refractivity contribution is 0.0454. The van der Waals surface area contributed by atoms with Crippen molar-refractivity contribution in [3.8, 4) is 5.75 Å². The normalized spacial score (nSPS) is 19.4. The van der Waals surface area contributed by atoms with Crippen LogP contribution in [0.1, 0.15) is 23.5 Å². The van der Waals surface area contributed by atoms with Gasteiger partial charge in [0, 0.05) is 38.8 Å². The van der Waals surface area contributed by atoms with E-state index in [4.69, 9.17) is 16.0 Å². The van der Waals surface area contributed by atoms with E-state index in [1.807, 2.05) is 31.2 Å². The third-order valence-corrected chi connectivity index (χ3v) is 5.03. The smallest absolute Gasteiger partial charge is 0.134 e. The van der Waals surface area contributed by atoms with Gasteiger partial charge in [0.15, 0.2) is 0 Å². The summed E-state index contributed by atoms with van der Waals surface area (Å²) in [6.07, 6.45) is 0.743. The van der Waals surface area contributed by atoms with Gasteiger partial charge in [0.25, 0.3) is 0 Å². The van der Waals surface area contributed by atoms with Gasteiger partial charge in [-0.05, 0) is 43.2 Å². The molecule has 1 aromatic heterocycles. The topological polar surface area (TPSA) is 60.1 Å². The Morgan fingerprint density at radius 3 is 2.72 bits per heavy atom. The Balaban J connectivity index is 1.62. The van der Waals surface area contributed by atoms with Crippen LogP contribution in [0.5, 0.6) is 5.75 Å². The van der Waals surface area contributed by atoms with Crippen molar-refractivity contribution in [2.45, 2.75) is 32.5 Å². The molecule has 25 heavy (non-hydrogen) atoms. The molecule has 1 fully saturated rings. The highest BCUT2D eigenvalue weighted by atomic mass is 35.5. The van der Waals surface area contributed by atoms with Crippen LogP contribution in [0, 0.1) is 6.92 Å². The first-order chi connectivity index (χ1) is 12.0. The van der Waals surface area contributed by atoms with Crippen LogP contribution in [-0.2, 0) is 13.1 Å². The molecule has 1 unspecified atom stereocenters. The predicted molar refractivity (Wildman–Crippen MR) is 97.7 cm³/mol. The molecule has 1 aliphatic rings. The largest absolute Gasteiger partial charge is 0.506 e. The summed E-state index contributed by atoms with van der Waals surface area (Å²) in [7, 11) is 0. The summed E-state index contributed by atoms with van der Waals surface area (Å²) < 4.78 is 5.70. The Morgan fingerprint density at radius 1 is 1.20 bits per heavy atom. The van der Waals surface area contributed by atoms with Gasteiger partial charge in [-0.3, -0.25) is 9.80 Å². The van der Waals surface area contributed by atoms with E-state index in [1.54, 1.807) is 6.07 Å². The van der Waals surface area contributed by atoms with Crippen LogP contribution < -0.4 is 0 Å². The quantitative estimate of drug-likeness (QED) is 0.825. The molecule has 0 spiro atoms. The molecular formula is C19H25ClN2O3. The van der Waals surface area contributed by atoms with Gasteiger partial charge >= 0.3 is 0 Å². The average molecular weight is 365 g/mol. The second kappa shape index (κ2) is 8.23. The number of benzene rings is 1. The van der Waals surface area contributed by atoms with Crippen molar-refractivity contribution >= 4 is 11.6 Å². The lowest BCUT2D eigenvalue weighted by atomic mass is 10.1. The van der Waals surface area contributed by atoms with E-state index in [9.17, 15) is 10.2 Å². The average Bonchev–Trinajstić information content (AvgIpc) is 2.99. The molecule has 6 heteroatoms. The molecule has 0 saturated carbocycles. The van der Waals surface area contributed by atoms with Crippen molar-refractivity contribution in [2.75, 3.05) is 26.2 Å². The van der Waals surface area contributed by atoms with E-state index in [-0.39, 0.29) is 18.4 Å². The first kappa shape index (κ1) is 18.3. The van der Waals surface area contributed by atoms with Crippen LogP contribution in [0.4, 0.5) is 0 Å². The lowest BCUT2D eigenvalue weighted by Crippen LogP contribution is -2.52. The Hall–Kier alpha value is -1.53. The van der Waals surface area contributed by atoms with Gasteiger partial charge in [-0.25, -0.2) is 0 Å². The molecule has 0 bridgehead atoms. The Kier molecular flexibility index (Phi) is 6.02. The van der Waals surface area contributed by atoms with Crippen LogP contribution in [-0.4, -0.2) is 52.3 Å². The van der Waals surface area contributed by atoms with E-state index in [0.29, 0.717) is 5.02 Å². The zero-order valence-electron chi connectivity index (χ0n) is 14.5. The third kappa shape index (κ3) is 4.76. The van der Waals surface area contributed by atoms with Crippen LogP contribution in [0.3, 0.4) is 0 Å². The number of nitrogens with zero attached hydrogens (tertiary/aromatic N) is 2. The van der Waals surface area contributed by atoms with E-state index in [0.717, 1.165) is 56.2 Å². The highest BCUT2D eigenvalue weighted by molar-refractivity contribution is 6.32. The van der Waals surface area contributed by atoms with Crippen LogP contribution in [0.25, 0.3) is 0 Å². The highest BCUT2D eigenvalue weighted by Crippen LogP contribution is 2.25. The van der Waals surface area contributed by atoms with Crippen LogP contribution >= 0.6 is 11.6 Å². The second-order valence-corrected chi connectivity index (χ2v) is 7.08. The molecule has 3 rings (SSSR count). The molecule has 1 aliphatic heterocycles. The monoisotopic (exact) mass is 364 g/mol. The van der Waals surface area contributed by atoms with Crippen LogP contribution in [0.2, 0.25) is 5.02 Å². The van der Waals surface area contributed by atoms with E-state index in [2.05, 4.69) is 9.80 Å². The van der Waals surface area contributed by atoms with E-state index < -0.39 is 0 Å². The van der Waals surface area contributed by atoms with Gasteiger partial charge in [0.2, 0.25) is 0 Å². The van der Waals surface area contributed by atoms with Crippen molar-refractivity contribution in [1.29, 1.82) is 0 Å². The van der Waals surface area contributed by atoms with Gasteiger partial charge in [0.1, 0.15) is 17.3 Å². The summed E-state index contributed by atoms with van der Waals surface area (Å²) in [4.78, 5) is 4.75. The molecule has 2 heterocycles. The molecule has 0 radical (unpaired) electrons. The molecule has 2 N–H and O–H groups in total. The molecular weight excluding hydrogens is 340 g/mol. The minimum Gasteiger partial charge on any atom is -0.506 e. The molecule has 0 amide bonds. The number of hydrogen-bond donors (Lipinski definition) is 2. The maximum Gasteiger partial charge on any atom is 0.134 e. The fourth-order valence-electron chi connectivity index (χ4n) is 3.41. The Bertz CT molecular complexity index is 704. The minimum atomic E-state index is 0.113. The third-order valence-electron chi connectivity index (χ3n) is 4.72. The number of phenolic OH excluding ortho intramolecular Hbond substituents is 1. The molecule has 0 aliphatic carbocycles. The molecule has 1 aromatic carbocycles. The number of halogens is 1. The highest BCUT2D eigenvalue weighted by Gasteiger charge is 2.27. The number of furan rings is 1. The number of hydrogen-bond acceptors (Lipinski definition) is 5. The van der Waals surface area contributed by atoms with Gasteiger partial charge in [0.05, 0.1) is 11.6 Å². The lowest BCUT2D eigenvalue weighted by Gasteiger charge is -2.41. The number of aryl methyl sites for hydroxylation is 1. The number of aliphatic hydroxyl groups is 1. The summed E-state index contributed by atoms with van der Waals surface area (Å²) in [6.45, 7) is 6.45. The summed E-state index contributed by atoms with van der Waals surface area (Å²) in [5, 5.41) is 19.4. The second-order valence-electron chi connectivity index (χ2n) is 6.67. The van der Waals surface area contributed by atoms with Gasteiger partial charge in [-0.2, -0.15) is 0 Å². The van der Waals surface area contributed by atoms with Crippen molar-refractivity contribution in [2.24, 2.45) is 0 Å².